The molecule has 0 aliphatic carbocycles. The van der Waals surface area contributed by atoms with Crippen LogP contribution in [0, 0.1) is 0 Å². The van der Waals surface area contributed by atoms with E-state index < -0.39 is 0 Å². The highest BCUT2D eigenvalue weighted by Crippen LogP contribution is 2.34. The molecular weight excluding hydrogens is 324 g/mol. The van der Waals surface area contributed by atoms with Crippen molar-refractivity contribution in [3.05, 3.63) is 52.8 Å². The zero-order valence-electron chi connectivity index (χ0n) is 13.3. The number of rotatable bonds is 4. The minimum absolute atomic E-state index is 0.200. The fourth-order valence-electron chi connectivity index (χ4n) is 2.44. The molecule has 0 amide bonds. The smallest absolute Gasteiger partial charge is 0.279 e. The lowest BCUT2D eigenvalue weighted by molar-refractivity contribution is 0.174. The quantitative estimate of drug-likeness (QED) is 0.753. The molecule has 0 saturated carbocycles. The molecular formula is C17H14N4O4. The van der Waals surface area contributed by atoms with Gasteiger partial charge in [0, 0.05) is 17.3 Å². The summed E-state index contributed by atoms with van der Waals surface area (Å²) in [4.78, 5) is 15.0. The predicted octanol–water partition coefficient (Wildman–Crippen LogP) is 2.31. The summed E-state index contributed by atoms with van der Waals surface area (Å²) in [5.74, 6) is 2.26. The van der Waals surface area contributed by atoms with Crippen LogP contribution in [0.15, 0.2) is 47.3 Å². The van der Waals surface area contributed by atoms with Gasteiger partial charge >= 0.3 is 0 Å². The van der Waals surface area contributed by atoms with Crippen molar-refractivity contribution >= 4 is 11.6 Å². The van der Waals surface area contributed by atoms with E-state index in [1.807, 2.05) is 0 Å². The summed E-state index contributed by atoms with van der Waals surface area (Å²) in [5, 5.41) is 11.0. The maximum absolute atomic E-state index is 12.3. The molecule has 0 radical (unpaired) electrons. The van der Waals surface area contributed by atoms with Gasteiger partial charge in [0.15, 0.2) is 17.2 Å². The van der Waals surface area contributed by atoms with E-state index in [1.165, 1.54) is 0 Å². The number of aromatic nitrogens is 3. The van der Waals surface area contributed by atoms with Crippen LogP contribution in [0.3, 0.4) is 0 Å². The number of ether oxygens (including phenoxy) is 3. The standard InChI is InChI=1S/C17H14N4O4/c1-23-12-5-2-10(3-6-12)15-16(22)19-17(21-20-15)18-11-4-7-13-14(8-11)25-9-24-13/h2-8H,9H2,1H3,(H2,18,19,21,22). The largest absolute Gasteiger partial charge is 0.497 e. The highest BCUT2D eigenvalue weighted by Gasteiger charge is 2.14. The van der Waals surface area contributed by atoms with Crippen molar-refractivity contribution in [3.63, 3.8) is 0 Å². The average molecular weight is 338 g/mol. The van der Waals surface area contributed by atoms with E-state index in [-0.39, 0.29) is 24.0 Å². The first-order valence-electron chi connectivity index (χ1n) is 7.51. The van der Waals surface area contributed by atoms with Gasteiger partial charge in [0.1, 0.15) is 5.75 Å². The molecule has 3 aromatic rings. The number of nitrogens with one attached hydrogen (secondary N) is 2. The zero-order chi connectivity index (χ0) is 17.2. The third kappa shape index (κ3) is 2.97. The van der Waals surface area contributed by atoms with Gasteiger partial charge in [-0.15, -0.1) is 10.2 Å². The lowest BCUT2D eigenvalue weighted by Gasteiger charge is -2.06. The molecule has 0 unspecified atom stereocenters. The Kier molecular flexibility index (Phi) is 3.70. The molecule has 0 spiro atoms. The van der Waals surface area contributed by atoms with Crippen LogP contribution < -0.4 is 25.1 Å². The van der Waals surface area contributed by atoms with E-state index >= 15 is 0 Å². The van der Waals surface area contributed by atoms with Crippen LogP contribution in [0.25, 0.3) is 11.3 Å². The predicted molar refractivity (Wildman–Crippen MR) is 90.5 cm³/mol. The van der Waals surface area contributed by atoms with E-state index in [4.69, 9.17) is 14.2 Å². The van der Waals surface area contributed by atoms with Crippen LogP contribution in [0.5, 0.6) is 17.2 Å². The second-order valence-corrected chi connectivity index (χ2v) is 5.27. The molecule has 8 nitrogen and oxygen atoms in total. The van der Waals surface area contributed by atoms with Crippen molar-refractivity contribution in [3.8, 4) is 28.5 Å². The first kappa shape index (κ1) is 15.0. The van der Waals surface area contributed by atoms with Gasteiger partial charge in [-0.2, -0.15) is 0 Å². The summed E-state index contributed by atoms with van der Waals surface area (Å²) in [5.41, 5.74) is 1.25. The van der Waals surface area contributed by atoms with Crippen LogP contribution in [0.1, 0.15) is 0 Å². The van der Waals surface area contributed by atoms with E-state index in [9.17, 15) is 4.79 Å². The molecule has 1 aromatic heterocycles. The molecule has 8 heteroatoms. The summed E-state index contributed by atoms with van der Waals surface area (Å²) >= 11 is 0. The minimum atomic E-state index is -0.344. The highest BCUT2D eigenvalue weighted by molar-refractivity contribution is 5.62. The van der Waals surface area contributed by atoms with E-state index in [1.54, 1.807) is 49.6 Å². The van der Waals surface area contributed by atoms with Gasteiger partial charge < -0.3 is 19.5 Å². The monoisotopic (exact) mass is 338 g/mol. The molecule has 0 atom stereocenters. The number of hydrogen-bond donors (Lipinski definition) is 2. The van der Waals surface area contributed by atoms with Gasteiger partial charge in [0.2, 0.25) is 12.7 Å². The van der Waals surface area contributed by atoms with Gasteiger partial charge in [0.25, 0.3) is 5.56 Å². The van der Waals surface area contributed by atoms with Crippen molar-refractivity contribution in [2.75, 3.05) is 19.2 Å². The van der Waals surface area contributed by atoms with Crippen molar-refractivity contribution in [1.29, 1.82) is 0 Å². The number of fused-ring (bicyclic) bond motifs is 1. The number of anilines is 2. The minimum Gasteiger partial charge on any atom is -0.497 e. The molecule has 1 aliphatic heterocycles. The van der Waals surface area contributed by atoms with Crippen molar-refractivity contribution in [2.24, 2.45) is 0 Å². The van der Waals surface area contributed by atoms with Crippen LogP contribution in [0.4, 0.5) is 11.6 Å². The van der Waals surface area contributed by atoms with Crippen LogP contribution in [0.2, 0.25) is 0 Å². The SMILES string of the molecule is COc1ccc(-c2nnc(Nc3ccc4c(c3)OCO4)[nH]c2=O)cc1. The van der Waals surface area contributed by atoms with Gasteiger partial charge in [-0.05, 0) is 36.4 Å². The third-order valence-corrected chi connectivity index (χ3v) is 3.70. The second kappa shape index (κ2) is 6.16. The summed E-state index contributed by atoms with van der Waals surface area (Å²) < 4.78 is 15.7. The Hall–Kier alpha value is -3.55. The van der Waals surface area contributed by atoms with Crippen molar-refractivity contribution in [1.82, 2.24) is 15.2 Å². The number of aromatic amines is 1. The van der Waals surface area contributed by atoms with Crippen molar-refractivity contribution < 1.29 is 14.2 Å². The van der Waals surface area contributed by atoms with Gasteiger partial charge in [-0.3, -0.25) is 9.78 Å². The second-order valence-electron chi connectivity index (χ2n) is 5.27. The number of H-pyrrole nitrogens is 1. The molecule has 1 aliphatic rings. The maximum atomic E-state index is 12.3. The average Bonchev–Trinajstić information content (AvgIpc) is 3.10. The lowest BCUT2D eigenvalue weighted by Crippen LogP contribution is -2.15. The topological polar surface area (TPSA) is 98.4 Å². The molecule has 2 N–H and O–H groups in total. The van der Waals surface area contributed by atoms with E-state index in [2.05, 4.69) is 20.5 Å². The van der Waals surface area contributed by atoms with Gasteiger partial charge in [-0.25, -0.2) is 0 Å². The summed E-state index contributed by atoms with van der Waals surface area (Å²) in [6.07, 6.45) is 0. The summed E-state index contributed by atoms with van der Waals surface area (Å²) in [6.45, 7) is 0.200. The van der Waals surface area contributed by atoms with E-state index in [0.29, 0.717) is 28.5 Å². The normalized spacial score (nSPS) is 12.0. The maximum Gasteiger partial charge on any atom is 0.279 e. The Morgan fingerprint density at radius 1 is 1.08 bits per heavy atom. The Bertz CT molecular complexity index is 969. The molecule has 25 heavy (non-hydrogen) atoms. The molecule has 0 fully saturated rings. The Balaban J connectivity index is 1.58. The zero-order valence-corrected chi connectivity index (χ0v) is 13.3. The number of nitrogens with zero attached hydrogens (tertiary/aromatic N) is 2. The van der Waals surface area contributed by atoms with Crippen LogP contribution in [-0.4, -0.2) is 29.1 Å². The number of hydrogen-bond acceptors (Lipinski definition) is 7. The molecule has 0 bridgehead atoms. The Morgan fingerprint density at radius 3 is 2.64 bits per heavy atom. The fourth-order valence-corrected chi connectivity index (χ4v) is 2.44. The van der Waals surface area contributed by atoms with Gasteiger partial charge in [0.05, 0.1) is 7.11 Å². The first-order chi connectivity index (χ1) is 12.2. The van der Waals surface area contributed by atoms with E-state index in [0.717, 1.165) is 0 Å². The molecule has 126 valence electrons. The summed E-state index contributed by atoms with van der Waals surface area (Å²) in [7, 11) is 1.58. The van der Waals surface area contributed by atoms with Crippen LogP contribution in [-0.2, 0) is 0 Å². The number of methoxy groups -OCH3 is 1. The van der Waals surface area contributed by atoms with Crippen LogP contribution >= 0.6 is 0 Å². The number of benzene rings is 2. The molecule has 2 heterocycles. The molecule has 4 rings (SSSR count). The lowest BCUT2D eigenvalue weighted by atomic mass is 10.1. The van der Waals surface area contributed by atoms with Crippen molar-refractivity contribution in [2.45, 2.75) is 0 Å². The summed E-state index contributed by atoms with van der Waals surface area (Å²) in [6, 6.07) is 12.4. The third-order valence-electron chi connectivity index (χ3n) is 3.70. The highest BCUT2D eigenvalue weighted by atomic mass is 16.7. The first-order valence-corrected chi connectivity index (χ1v) is 7.51. The van der Waals surface area contributed by atoms with Gasteiger partial charge in [-0.1, -0.05) is 0 Å². The molecule has 0 saturated heterocycles. The molecule has 2 aromatic carbocycles. The Morgan fingerprint density at radius 2 is 1.88 bits per heavy atom. The Labute approximate surface area is 142 Å². The fraction of sp³-hybridized carbons (Fsp3) is 0.118.